The van der Waals surface area contributed by atoms with Crippen LogP contribution in [0.15, 0.2) is 72.8 Å². The van der Waals surface area contributed by atoms with E-state index in [4.69, 9.17) is 9.84 Å². The van der Waals surface area contributed by atoms with E-state index in [1.165, 1.54) is 0 Å². The number of hydrogen-bond acceptors (Lipinski definition) is 3. The van der Waals surface area contributed by atoms with E-state index in [2.05, 4.69) is 5.10 Å². The van der Waals surface area contributed by atoms with Gasteiger partial charge in [0.05, 0.1) is 22.2 Å². The molecule has 26 heavy (non-hydrogen) atoms. The van der Waals surface area contributed by atoms with Gasteiger partial charge in [-0.25, -0.2) is 9.48 Å². The molecule has 5 heteroatoms. The Bertz CT molecular complexity index is 1100. The summed E-state index contributed by atoms with van der Waals surface area (Å²) in [6.45, 7) is 2.01. The normalized spacial score (nSPS) is 10.8. The van der Waals surface area contributed by atoms with E-state index in [0.29, 0.717) is 5.88 Å². The van der Waals surface area contributed by atoms with E-state index in [1.807, 2.05) is 55.5 Å². The first-order valence-corrected chi connectivity index (χ1v) is 8.18. The summed E-state index contributed by atoms with van der Waals surface area (Å²) >= 11 is 0. The molecule has 128 valence electrons. The molecule has 1 heterocycles. The maximum atomic E-state index is 11.1. The standard InChI is InChI=1S/C21H16N2O3/c1-14-5-4-6-17(13-14)26-20-18-7-2-3-8-19(18)23(22-20)16-11-9-15(10-12-16)21(24)25/h2-13H,1H3,(H,24,25). The van der Waals surface area contributed by atoms with Crippen LogP contribution in [0.1, 0.15) is 15.9 Å². The lowest BCUT2D eigenvalue weighted by Crippen LogP contribution is -1.99. The van der Waals surface area contributed by atoms with E-state index in [-0.39, 0.29) is 5.56 Å². The number of carboxylic acids is 1. The lowest BCUT2D eigenvalue weighted by molar-refractivity contribution is 0.0697. The fourth-order valence-corrected chi connectivity index (χ4v) is 2.85. The predicted octanol–water partition coefficient (Wildman–Crippen LogP) is 4.82. The van der Waals surface area contributed by atoms with Gasteiger partial charge in [-0.3, -0.25) is 0 Å². The Labute approximate surface area is 150 Å². The molecule has 1 N–H and O–H groups in total. The molecular formula is C21H16N2O3. The van der Waals surface area contributed by atoms with Gasteiger partial charge in [0.25, 0.3) is 0 Å². The number of rotatable bonds is 4. The zero-order chi connectivity index (χ0) is 18.1. The van der Waals surface area contributed by atoms with Gasteiger partial charge in [-0.05, 0) is 61.0 Å². The second-order valence-electron chi connectivity index (χ2n) is 6.00. The summed E-state index contributed by atoms with van der Waals surface area (Å²) in [6, 6.07) is 22.2. The summed E-state index contributed by atoms with van der Waals surface area (Å²) in [7, 11) is 0. The van der Waals surface area contributed by atoms with Crippen molar-refractivity contribution in [2.24, 2.45) is 0 Å². The van der Waals surface area contributed by atoms with Crippen molar-refractivity contribution in [1.82, 2.24) is 9.78 Å². The van der Waals surface area contributed by atoms with Gasteiger partial charge >= 0.3 is 5.97 Å². The molecule has 0 aliphatic carbocycles. The van der Waals surface area contributed by atoms with Crippen LogP contribution in [-0.4, -0.2) is 20.9 Å². The number of para-hydroxylation sites is 1. The summed E-state index contributed by atoms with van der Waals surface area (Å²) in [5, 5.41) is 14.6. The summed E-state index contributed by atoms with van der Waals surface area (Å²) in [4.78, 5) is 11.1. The minimum absolute atomic E-state index is 0.237. The highest BCUT2D eigenvalue weighted by atomic mass is 16.5. The summed E-state index contributed by atoms with van der Waals surface area (Å²) in [6.07, 6.45) is 0. The number of aromatic nitrogens is 2. The molecular weight excluding hydrogens is 328 g/mol. The molecule has 3 aromatic carbocycles. The van der Waals surface area contributed by atoms with Crippen LogP contribution < -0.4 is 4.74 Å². The van der Waals surface area contributed by atoms with E-state index in [9.17, 15) is 4.79 Å². The first-order chi connectivity index (χ1) is 12.6. The molecule has 0 fully saturated rings. The van der Waals surface area contributed by atoms with Crippen molar-refractivity contribution in [3.05, 3.63) is 83.9 Å². The van der Waals surface area contributed by atoms with Crippen LogP contribution in [0.5, 0.6) is 11.6 Å². The molecule has 1 aromatic heterocycles. The molecule has 0 spiro atoms. The molecule has 0 amide bonds. The summed E-state index contributed by atoms with van der Waals surface area (Å²) in [5.41, 5.74) is 3.00. The molecule has 0 radical (unpaired) electrons. The van der Waals surface area contributed by atoms with Crippen molar-refractivity contribution >= 4 is 16.9 Å². The van der Waals surface area contributed by atoms with Crippen molar-refractivity contribution in [2.75, 3.05) is 0 Å². The summed E-state index contributed by atoms with van der Waals surface area (Å²) in [5.74, 6) is 0.278. The molecule has 0 saturated heterocycles. The number of aromatic carboxylic acids is 1. The minimum atomic E-state index is -0.953. The van der Waals surface area contributed by atoms with E-state index in [0.717, 1.165) is 27.9 Å². The Morgan fingerprint density at radius 3 is 2.50 bits per heavy atom. The topological polar surface area (TPSA) is 64.4 Å². The van der Waals surface area contributed by atoms with Gasteiger partial charge in [0.2, 0.25) is 5.88 Å². The van der Waals surface area contributed by atoms with Gasteiger partial charge < -0.3 is 9.84 Å². The highest BCUT2D eigenvalue weighted by Crippen LogP contribution is 2.31. The van der Waals surface area contributed by atoms with Gasteiger partial charge in [0.15, 0.2) is 0 Å². The Morgan fingerprint density at radius 2 is 1.77 bits per heavy atom. The quantitative estimate of drug-likeness (QED) is 0.576. The number of fused-ring (bicyclic) bond motifs is 1. The monoisotopic (exact) mass is 344 g/mol. The molecule has 4 aromatic rings. The number of aryl methyl sites for hydroxylation is 1. The van der Waals surface area contributed by atoms with E-state index in [1.54, 1.807) is 28.9 Å². The maximum absolute atomic E-state index is 11.1. The van der Waals surface area contributed by atoms with Crippen LogP contribution in [0.4, 0.5) is 0 Å². The zero-order valence-electron chi connectivity index (χ0n) is 14.1. The lowest BCUT2D eigenvalue weighted by atomic mass is 10.2. The summed E-state index contributed by atoms with van der Waals surface area (Å²) < 4.78 is 7.77. The molecule has 0 atom stereocenters. The fourth-order valence-electron chi connectivity index (χ4n) is 2.85. The van der Waals surface area contributed by atoms with Crippen LogP contribution in [0, 0.1) is 6.92 Å². The third kappa shape index (κ3) is 2.91. The molecule has 4 rings (SSSR count). The third-order valence-corrected chi connectivity index (χ3v) is 4.12. The zero-order valence-corrected chi connectivity index (χ0v) is 14.1. The van der Waals surface area contributed by atoms with Crippen molar-refractivity contribution in [1.29, 1.82) is 0 Å². The van der Waals surface area contributed by atoms with Crippen molar-refractivity contribution in [2.45, 2.75) is 6.92 Å². The number of carboxylic acid groups (broad SMARTS) is 1. The second kappa shape index (κ2) is 6.37. The molecule has 0 aliphatic rings. The van der Waals surface area contributed by atoms with Crippen LogP contribution in [0.2, 0.25) is 0 Å². The average molecular weight is 344 g/mol. The maximum Gasteiger partial charge on any atom is 0.335 e. The highest BCUT2D eigenvalue weighted by Gasteiger charge is 2.14. The van der Waals surface area contributed by atoms with Crippen molar-refractivity contribution in [3.8, 4) is 17.3 Å². The van der Waals surface area contributed by atoms with Gasteiger partial charge in [-0.1, -0.05) is 24.3 Å². The fraction of sp³-hybridized carbons (Fsp3) is 0.0476. The third-order valence-electron chi connectivity index (χ3n) is 4.12. The first-order valence-electron chi connectivity index (χ1n) is 8.18. The first kappa shape index (κ1) is 15.9. The Morgan fingerprint density at radius 1 is 1.00 bits per heavy atom. The smallest absolute Gasteiger partial charge is 0.335 e. The molecule has 0 aliphatic heterocycles. The van der Waals surface area contributed by atoms with E-state index < -0.39 is 5.97 Å². The van der Waals surface area contributed by atoms with Gasteiger partial charge in [-0.15, -0.1) is 5.10 Å². The Hall–Kier alpha value is -3.60. The number of benzene rings is 3. The average Bonchev–Trinajstić information content (AvgIpc) is 3.01. The van der Waals surface area contributed by atoms with Crippen LogP contribution >= 0.6 is 0 Å². The Kier molecular flexibility index (Phi) is 3.89. The molecule has 0 unspecified atom stereocenters. The van der Waals surface area contributed by atoms with Gasteiger partial charge in [-0.2, -0.15) is 0 Å². The van der Waals surface area contributed by atoms with E-state index >= 15 is 0 Å². The number of ether oxygens (including phenoxy) is 1. The van der Waals surface area contributed by atoms with Crippen molar-refractivity contribution in [3.63, 3.8) is 0 Å². The van der Waals surface area contributed by atoms with Crippen LogP contribution in [0.25, 0.3) is 16.6 Å². The molecule has 0 saturated carbocycles. The lowest BCUT2D eigenvalue weighted by Gasteiger charge is -2.04. The molecule has 0 bridgehead atoms. The van der Waals surface area contributed by atoms with Gasteiger partial charge in [0, 0.05) is 0 Å². The number of nitrogens with zero attached hydrogens (tertiary/aromatic N) is 2. The predicted molar refractivity (Wildman–Crippen MR) is 99.3 cm³/mol. The van der Waals surface area contributed by atoms with Gasteiger partial charge in [0.1, 0.15) is 5.75 Å². The second-order valence-corrected chi connectivity index (χ2v) is 6.00. The largest absolute Gasteiger partial charge is 0.478 e. The number of carbonyl (C=O) groups is 1. The highest BCUT2D eigenvalue weighted by molar-refractivity contribution is 5.88. The SMILES string of the molecule is Cc1cccc(Oc2nn(-c3ccc(C(=O)O)cc3)c3ccccc23)c1. The van der Waals surface area contributed by atoms with Crippen LogP contribution in [-0.2, 0) is 0 Å². The number of hydrogen-bond donors (Lipinski definition) is 1. The van der Waals surface area contributed by atoms with Crippen LogP contribution in [0.3, 0.4) is 0 Å². The van der Waals surface area contributed by atoms with Crippen molar-refractivity contribution < 1.29 is 14.6 Å². The minimum Gasteiger partial charge on any atom is -0.478 e. The Balaban J connectivity index is 1.80. The molecule has 5 nitrogen and oxygen atoms in total.